The van der Waals surface area contributed by atoms with Crippen LogP contribution in [-0.2, 0) is 0 Å². The molecule has 0 aliphatic carbocycles. The molecule has 16 heteroatoms. The molecule has 3 heterocycles. The number of hydrogen-bond acceptors (Lipinski definition) is 14. The van der Waals surface area contributed by atoms with Gasteiger partial charge in [0.2, 0.25) is 0 Å². The first kappa shape index (κ1) is 28.2. The van der Waals surface area contributed by atoms with Gasteiger partial charge in [-0.1, -0.05) is 6.07 Å². The standard InChI is InChI=1S/C24H25N9O6S/c1-12-8-9-17(30-29-12)27-18-10-15(19(32-31-18)21(34)28-24(36,37)38)26-14-7-5-6-13(20(14)39-4)22-25-11-16(40-22)23(35)33(2)3/h5-11,36-38H,1-4H3,(H,28,34)(H2,26,27,30,31). The molecule has 0 aliphatic heterocycles. The van der Waals surface area contributed by atoms with E-state index < -0.39 is 12.0 Å². The van der Waals surface area contributed by atoms with Gasteiger partial charge >= 0.3 is 6.10 Å². The summed E-state index contributed by atoms with van der Waals surface area (Å²) in [4.78, 5) is 31.3. The van der Waals surface area contributed by atoms with Crippen molar-refractivity contribution in [3.05, 3.63) is 58.9 Å². The molecule has 40 heavy (non-hydrogen) atoms. The average molecular weight is 568 g/mol. The first-order chi connectivity index (χ1) is 18.9. The lowest BCUT2D eigenvalue weighted by Crippen LogP contribution is -2.48. The Morgan fingerprint density at radius 2 is 1.73 bits per heavy atom. The second-order valence-electron chi connectivity index (χ2n) is 8.51. The predicted molar refractivity (Wildman–Crippen MR) is 144 cm³/mol. The molecule has 0 fully saturated rings. The summed E-state index contributed by atoms with van der Waals surface area (Å²) >= 11 is 1.18. The molecule has 0 spiro atoms. The minimum absolute atomic E-state index is 0.0531. The fourth-order valence-corrected chi connectivity index (χ4v) is 4.37. The van der Waals surface area contributed by atoms with E-state index in [-0.39, 0.29) is 23.1 Å². The number of methoxy groups -OCH3 is 1. The highest BCUT2D eigenvalue weighted by Crippen LogP contribution is 2.40. The SMILES string of the molecule is COc1c(Nc2cc(Nc3ccc(C)nn3)nnc2C(=O)NC(O)(O)O)cccc1-c1ncc(C(=O)N(C)C)s1. The molecule has 0 aliphatic rings. The van der Waals surface area contributed by atoms with Gasteiger partial charge in [-0.3, -0.25) is 14.9 Å². The Morgan fingerprint density at radius 3 is 2.38 bits per heavy atom. The van der Waals surface area contributed by atoms with Gasteiger partial charge in [-0.15, -0.1) is 26.6 Å². The second-order valence-corrected chi connectivity index (χ2v) is 9.54. The van der Waals surface area contributed by atoms with E-state index in [1.807, 2.05) is 0 Å². The van der Waals surface area contributed by atoms with Gasteiger partial charge < -0.3 is 35.6 Å². The summed E-state index contributed by atoms with van der Waals surface area (Å²) in [5, 5.41) is 51.6. The zero-order valence-electron chi connectivity index (χ0n) is 21.7. The number of rotatable bonds is 9. The van der Waals surface area contributed by atoms with Crippen LogP contribution < -0.4 is 20.7 Å². The number of aromatic nitrogens is 5. The number of nitrogens with one attached hydrogen (secondary N) is 3. The number of amides is 2. The van der Waals surface area contributed by atoms with Crippen molar-refractivity contribution >= 4 is 46.2 Å². The molecule has 15 nitrogen and oxygen atoms in total. The Bertz CT molecular complexity index is 1540. The van der Waals surface area contributed by atoms with Gasteiger partial charge in [0.05, 0.1) is 35.9 Å². The summed E-state index contributed by atoms with van der Waals surface area (Å²) in [6, 6.07) is 9.96. The van der Waals surface area contributed by atoms with Gasteiger partial charge in [0.1, 0.15) is 9.88 Å². The van der Waals surface area contributed by atoms with E-state index in [0.29, 0.717) is 38.4 Å². The van der Waals surface area contributed by atoms with E-state index >= 15 is 0 Å². The molecule has 0 atom stereocenters. The fourth-order valence-electron chi connectivity index (χ4n) is 3.41. The maximum absolute atomic E-state index is 12.7. The van der Waals surface area contributed by atoms with Crippen LogP contribution in [0.5, 0.6) is 5.75 Å². The third kappa shape index (κ3) is 6.62. The van der Waals surface area contributed by atoms with E-state index in [4.69, 9.17) is 4.74 Å². The quantitative estimate of drug-likeness (QED) is 0.157. The smallest absolute Gasteiger partial charge is 0.369 e. The minimum Gasteiger partial charge on any atom is -0.494 e. The molecule has 4 rings (SSSR count). The van der Waals surface area contributed by atoms with Crippen LogP contribution in [0.3, 0.4) is 0 Å². The molecule has 1 aromatic carbocycles. The van der Waals surface area contributed by atoms with E-state index in [0.717, 1.165) is 0 Å². The number of aryl methyl sites for hydroxylation is 1. The zero-order valence-corrected chi connectivity index (χ0v) is 22.5. The predicted octanol–water partition coefficient (Wildman–Crippen LogP) is 1.21. The molecule has 0 bridgehead atoms. The van der Waals surface area contributed by atoms with Crippen molar-refractivity contribution in [2.75, 3.05) is 31.8 Å². The molecule has 0 saturated carbocycles. The van der Waals surface area contributed by atoms with E-state index in [1.54, 1.807) is 56.7 Å². The third-order valence-corrected chi connectivity index (χ3v) is 6.20. The summed E-state index contributed by atoms with van der Waals surface area (Å²) in [7, 11) is 4.74. The van der Waals surface area contributed by atoms with Crippen molar-refractivity contribution in [2.45, 2.75) is 13.0 Å². The largest absolute Gasteiger partial charge is 0.494 e. The van der Waals surface area contributed by atoms with Crippen molar-refractivity contribution in [1.29, 1.82) is 0 Å². The molecule has 0 unspecified atom stereocenters. The van der Waals surface area contributed by atoms with Gasteiger partial charge in [-0.25, -0.2) is 4.98 Å². The summed E-state index contributed by atoms with van der Waals surface area (Å²) < 4.78 is 5.66. The summed E-state index contributed by atoms with van der Waals surface area (Å²) in [6.45, 7) is 1.78. The number of benzene rings is 1. The Morgan fingerprint density at radius 1 is 0.975 bits per heavy atom. The lowest BCUT2D eigenvalue weighted by atomic mass is 10.1. The van der Waals surface area contributed by atoms with Crippen LogP contribution in [-0.4, -0.2) is 84.7 Å². The van der Waals surface area contributed by atoms with Crippen LogP contribution in [0.1, 0.15) is 25.9 Å². The summed E-state index contributed by atoms with van der Waals surface area (Å²) in [6.07, 6.45) is -2.01. The van der Waals surface area contributed by atoms with Crippen molar-refractivity contribution in [2.24, 2.45) is 0 Å². The number of ether oxygens (including phenoxy) is 1. The number of nitrogens with zero attached hydrogens (tertiary/aromatic N) is 6. The Labute approximate surface area is 231 Å². The monoisotopic (exact) mass is 567 g/mol. The van der Waals surface area contributed by atoms with E-state index in [1.165, 1.54) is 35.6 Å². The molecule has 208 valence electrons. The molecular weight excluding hydrogens is 542 g/mol. The lowest BCUT2D eigenvalue weighted by molar-refractivity contribution is -0.323. The molecule has 0 saturated heterocycles. The maximum Gasteiger partial charge on any atom is 0.369 e. The number of thiazole rings is 1. The Balaban J connectivity index is 1.73. The van der Waals surface area contributed by atoms with Crippen LogP contribution in [0.2, 0.25) is 0 Å². The van der Waals surface area contributed by atoms with Crippen molar-refractivity contribution < 1.29 is 29.6 Å². The first-order valence-electron chi connectivity index (χ1n) is 11.5. The first-order valence-corrected chi connectivity index (χ1v) is 12.3. The molecule has 2 amide bonds. The van der Waals surface area contributed by atoms with Crippen LogP contribution in [0.25, 0.3) is 10.6 Å². The molecule has 4 aromatic rings. The highest BCUT2D eigenvalue weighted by Gasteiger charge is 2.26. The van der Waals surface area contributed by atoms with Crippen molar-refractivity contribution in [3.63, 3.8) is 0 Å². The number of anilines is 4. The summed E-state index contributed by atoms with van der Waals surface area (Å²) in [5.41, 5.74) is 1.32. The minimum atomic E-state index is -3.49. The third-order valence-electron chi connectivity index (χ3n) is 5.19. The number of carbonyl (C=O) groups excluding carboxylic acids is 2. The molecular formula is C24H25N9O6S. The number of hydrogen-bond donors (Lipinski definition) is 6. The van der Waals surface area contributed by atoms with Crippen molar-refractivity contribution in [1.82, 2.24) is 35.6 Å². The highest BCUT2D eigenvalue weighted by molar-refractivity contribution is 7.16. The zero-order chi connectivity index (χ0) is 29.0. The highest BCUT2D eigenvalue weighted by atomic mass is 32.1. The molecule has 6 N–H and O–H groups in total. The van der Waals surface area contributed by atoms with Gasteiger partial charge in [-0.05, 0) is 31.2 Å². The van der Waals surface area contributed by atoms with Gasteiger partial charge in [0, 0.05) is 20.2 Å². The average Bonchev–Trinajstić information content (AvgIpc) is 3.38. The number of carbonyl (C=O) groups is 2. The van der Waals surface area contributed by atoms with Crippen LogP contribution in [0.4, 0.5) is 23.0 Å². The summed E-state index contributed by atoms with van der Waals surface area (Å²) in [5.74, 6) is -0.479. The lowest BCUT2D eigenvalue weighted by Gasteiger charge is -2.18. The van der Waals surface area contributed by atoms with Crippen LogP contribution >= 0.6 is 11.3 Å². The van der Waals surface area contributed by atoms with Gasteiger partial charge in [0.25, 0.3) is 11.8 Å². The Hall–Kier alpha value is -4.77. The van der Waals surface area contributed by atoms with E-state index in [9.17, 15) is 24.9 Å². The van der Waals surface area contributed by atoms with Crippen LogP contribution in [0, 0.1) is 6.92 Å². The Kier molecular flexibility index (Phi) is 8.15. The van der Waals surface area contributed by atoms with Crippen molar-refractivity contribution in [3.8, 4) is 16.3 Å². The van der Waals surface area contributed by atoms with Crippen LogP contribution in [0.15, 0.2) is 42.6 Å². The topological polar surface area (TPSA) is 208 Å². The van der Waals surface area contributed by atoms with E-state index in [2.05, 4.69) is 36.0 Å². The van der Waals surface area contributed by atoms with Gasteiger partial charge in [-0.2, -0.15) is 5.10 Å². The normalized spacial score (nSPS) is 11.1. The number of para-hydroxylation sites is 1. The molecule has 0 radical (unpaired) electrons. The van der Waals surface area contributed by atoms with Gasteiger partial charge in [0.15, 0.2) is 23.1 Å². The molecule has 3 aromatic heterocycles. The fraction of sp³-hybridized carbons (Fsp3) is 0.208. The second kappa shape index (κ2) is 11.5. The number of aliphatic hydroxyl groups is 3. The maximum atomic E-state index is 12.7.